The van der Waals surface area contributed by atoms with Crippen LogP contribution < -0.4 is 0 Å². The summed E-state index contributed by atoms with van der Waals surface area (Å²) in [6, 6.07) is 48.8. The third-order valence-electron chi connectivity index (χ3n) is 10.0. The molecule has 0 amide bonds. The predicted molar refractivity (Wildman–Crippen MR) is 231 cm³/mol. The number of aliphatic carboxylic acids is 1. The maximum atomic E-state index is 11.7. The fourth-order valence-corrected chi connectivity index (χ4v) is 7.48. The zero-order valence-electron chi connectivity index (χ0n) is 30.5. The minimum absolute atomic E-state index is 0.365. The standard InChI is InChI=1S/C50H33N5O2/c51-31-37(50(56)57)23-13-22-36-30-44-47(34-18-9-3-10-19-34)42-27-26-40(53-42)45(32-14-5-1-6-15-32)38-24-25-39(52-38)46(33-16-7-2-8-17-33)41-28-29-43(54-41)48(49(36)55-44)35-20-11-4-12-21-35/h1-30,52,55H,(H,56,57)/b22-13-,37-23+,45-38?,45-40?,46-39?,46-41?,47-42?,47-44?,48-43?,49-48?. The molecular weight excluding hydrogens is 703 g/mol. The number of carboxylic acids is 1. The van der Waals surface area contributed by atoms with E-state index in [1.54, 1.807) is 12.1 Å². The number of carbonyl (C=O) groups is 1. The number of allylic oxidation sites excluding steroid dienone is 2. The lowest BCUT2D eigenvalue weighted by Gasteiger charge is -2.07. The fraction of sp³-hybridized carbons (Fsp3) is 0. The van der Waals surface area contributed by atoms with Crippen molar-refractivity contribution in [2.45, 2.75) is 0 Å². The van der Waals surface area contributed by atoms with Gasteiger partial charge in [0.1, 0.15) is 11.6 Å². The molecule has 5 heterocycles. The summed E-state index contributed by atoms with van der Waals surface area (Å²) >= 11 is 0. The first-order chi connectivity index (χ1) is 28.1. The molecule has 2 aliphatic heterocycles. The van der Waals surface area contributed by atoms with Crippen molar-refractivity contribution in [3.63, 3.8) is 0 Å². The van der Waals surface area contributed by atoms with Crippen LogP contribution in [0.5, 0.6) is 0 Å². The van der Waals surface area contributed by atoms with Gasteiger partial charge in [-0.15, -0.1) is 0 Å². The van der Waals surface area contributed by atoms with Gasteiger partial charge in [-0.25, -0.2) is 14.8 Å². The number of hydrogen-bond donors (Lipinski definition) is 3. The van der Waals surface area contributed by atoms with Gasteiger partial charge >= 0.3 is 5.97 Å². The Morgan fingerprint density at radius 1 is 0.544 bits per heavy atom. The number of carboxylic acid groups (broad SMARTS) is 1. The lowest BCUT2D eigenvalue weighted by atomic mass is 10.0. The number of nitriles is 1. The fourth-order valence-electron chi connectivity index (χ4n) is 7.48. The van der Waals surface area contributed by atoms with Crippen molar-refractivity contribution in [3.8, 4) is 50.6 Å². The van der Waals surface area contributed by atoms with Crippen LogP contribution in [0.15, 0.2) is 157 Å². The van der Waals surface area contributed by atoms with E-state index >= 15 is 0 Å². The molecule has 9 rings (SSSR count). The van der Waals surface area contributed by atoms with E-state index in [1.807, 2.05) is 91.0 Å². The van der Waals surface area contributed by atoms with Crippen molar-refractivity contribution in [1.82, 2.24) is 19.9 Å². The third-order valence-corrected chi connectivity index (χ3v) is 10.0. The Hall–Kier alpha value is -8.08. The van der Waals surface area contributed by atoms with Crippen LogP contribution in [-0.2, 0) is 4.79 Å². The highest BCUT2D eigenvalue weighted by Crippen LogP contribution is 2.39. The lowest BCUT2D eigenvalue weighted by molar-refractivity contribution is -0.132. The van der Waals surface area contributed by atoms with Crippen molar-refractivity contribution >= 4 is 58.4 Å². The maximum Gasteiger partial charge on any atom is 0.346 e. The van der Waals surface area contributed by atoms with Gasteiger partial charge < -0.3 is 15.1 Å². The quantitative estimate of drug-likeness (QED) is 0.0855. The Morgan fingerprint density at radius 2 is 0.947 bits per heavy atom. The number of rotatable bonds is 7. The molecule has 4 aromatic carbocycles. The first-order valence-corrected chi connectivity index (χ1v) is 18.5. The molecule has 0 radical (unpaired) electrons. The molecule has 7 aromatic rings. The summed E-state index contributed by atoms with van der Waals surface area (Å²) in [4.78, 5) is 30.0. The van der Waals surface area contributed by atoms with E-state index < -0.39 is 5.97 Å². The summed E-state index contributed by atoms with van der Waals surface area (Å²) in [5.41, 5.74) is 14.5. The highest BCUT2D eigenvalue weighted by Gasteiger charge is 2.20. The average Bonchev–Trinajstić information content (AvgIpc) is 4.09. The Bertz CT molecular complexity index is 3020. The SMILES string of the molecule is N#C/C(=C\C=C/c1cc2[nH]c1c(-c1ccccc1)c1nc(c(-c3ccccc3)c3ccc([nH]3)c(-c3ccccc3)c3nc(c2-c2ccccc2)C=C3)C=C1)C(=O)O. The molecule has 0 spiro atoms. The minimum atomic E-state index is -1.29. The summed E-state index contributed by atoms with van der Waals surface area (Å²) in [5, 5.41) is 19.1. The minimum Gasteiger partial charge on any atom is -0.477 e. The second kappa shape index (κ2) is 15.0. The molecule has 0 unspecified atom stereocenters. The molecule has 57 heavy (non-hydrogen) atoms. The van der Waals surface area contributed by atoms with Crippen molar-refractivity contribution < 1.29 is 9.90 Å². The topological polar surface area (TPSA) is 118 Å². The summed E-state index contributed by atoms with van der Waals surface area (Å²) in [6.45, 7) is 0. The number of hydrogen-bond acceptors (Lipinski definition) is 4. The molecule has 270 valence electrons. The molecule has 0 atom stereocenters. The van der Waals surface area contributed by atoms with E-state index in [2.05, 4.69) is 88.9 Å². The van der Waals surface area contributed by atoms with Crippen LogP contribution in [0.2, 0.25) is 0 Å². The van der Waals surface area contributed by atoms with Crippen LogP contribution in [0.4, 0.5) is 0 Å². The van der Waals surface area contributed by atoms with Crippen LogP contribution in [0.1, 0.15) is 28.3 Å². The average molecular weight is 736 g/mol. The van der Waals surface area contributed by atoms with Crippen LogP contribution in [0.25, 0.3) is 97.0 Å². The Morgan fingerprint density at radius 3 is 1.37 bits per heavy atom. The highest BCUT2D eigenvalue weighted by molar-refractivity contribution is 6.02. The second-order valence-corrected chi connectivity index (χ2v) is 13.6. The Kier molecular flexibility index (Phi) is 9.11. The number of nitrogens with zero attached hydrogens (tertiary/aromatic N) is 3. The van der Waals surface area contributed by atoms with Gasteiger partial charge in [0, 0.05) is 44.4 Å². The summed E-state index contributed by atoms with van der Waals surface area (Å²) in [5.74, 6) is -1.29. The number of H-pyrrole nitrogens is 2. The molecule has 0 fully saturated rings. The van der Waals surface area contributed by atoms with E-state index in [0.717, 1.165) is 94.9 Å². The van der Waals surface area contributed by atoms with Gasteiger partial charge in [-0.2, -0.15) is 5.26 Å². The molecule has 7 heteroatoms. The Balaban J connectivity index is 1.50. The van der Waals surface area contributed by atoms with Gasteiger partial charge in [0.25, 0.3) is 0 Å². The van der Waals surface area contributed by atoms with Crippen molar-refractivity contribution in [2.24, 2.45) is 0 Å². The number of nitrogens with one attached hydrogen (secondary N) is 2. The Labute approximate surface area is 328 Å². The van der Waals surface area contributed by atoms with E-state index in [9.17, 15) is 15.2 Å². The van der Waals surface area contributed by atoms with Crippen LogP contribution >= 0.6 is 0 Å². The predicted octanol–water partition coefficient (Wildman–Crippen LogP) is 11.9. The van der Waals surface area contributed by atoms with Gasteiger partial charge in [0.2, 0.25) is 0 Å². The van der Waals surface area contributed by atoms with Gasteiger partial charge in [-0.1, -0.05) is 133 Å². The van der Waals surface area contributed by atoms with Crippen LogP contribution in [0, 0.1) is 11.3 Å². The number of aromatic amines is 2. The first kappa shape index (κ1) is 34.7. The molecular formula is C50H33N5O2. The molecule has 0 aliphatic carbocycles. The van der Waals surface area contributed by atoms with Gasteiger partial charge in [-0.3, -0.25) is 0 Å². The van der Waals surface area contributed by atoms with E-state index in [0.29, 0.717) is 0 Å². The van der Waals surface area contributed by atoms with Crippen LogP contribution in [0.3, 0.4) is 0 Å². The number of benzene rings is 4. The van der Waals surface area contributed by atoms with Gasteiger partial charge in [0.15, 0.2) is 0 Å². The van der Waals surface area contributed by atoms with E-state index in [-0.39, 0.29) is 5.57 Å². The van der Waals surface area contributed by atoms with E-state index in [1.165, 1.54) is 6.08 Å². The van der Waals surface area contributed by atoms with Crippen molar-refractivity contribution in [2.75, 3.05) is 0 Å². The third kappa shape index (κ3) is 6.69. The summed E-state index contributed by atoms with van der Waals surface area (Å²) in [7, 11) is 0. The van der Waals surface area contributed by atoms with Crippen molar-refractivity contribution in [3.05, 3.63) is 186 Å². The molecule has 3 aromatic heterocycles. The zero-order chi connectivity index (χ0) is 38.7. The highest BCUT2D eigenvalue weighted by atomic mass is 16.4. The molecule has 0 saturated heterocycles. The zero-order valence-corrected chi connectivity index (χ0v) is 30.5. The van der Waals surface area contributed by atoms with E-state index in [4.69, 9.17) is 9.97 Å². The normalized spacial score (nSPS) is 12.2. The first-order valence-electron chi connectivity index (χ1n) is 18.5. The largest absolute Gasteiger partial charge is 0.477 e. The number of aromatic nitrogens is 4. The maximum absolute atomic E-state index is 11.7. The second-order valence-electron chi connectivity index (χ2n) is 13.6. The number of fused-ring (bicyclic) bond motifs is 8. The van der Waals surface area contributed by atoms with Gasteiger partial charge in [-0.05, 0) is 70.8 Å². The molecule has 7 nitrogen and oxygen atoms in total. The molecule has 0 saturated carbocycles. The van der Waals surface area contributed by atoms with Crippen LogP contribution in [-0.4, -0.2) is 31.0 Å². The summed E-state index contributed by atoms with van der Waals surface area (Å²) in [6.07, 6.45) is 13.0. The van der Waals surface area contributed by atoms with Gasteiger partial charge in [0.05, 0.1) is 28.3 Å². The molecule has 8 bridgehead atoms. The smallest absolute Gasteiger partial charge is 0.346 e. The molecule has 3 N–H and O–H groups in total. The lowest BCUT2D eigenvalue weighted by Crippen LogP contribution is -1.96. The monoisotopic (exact) mass is 735 g/mol. The summed E-state index contributed by atoms with van der Waals surface area (Å²) < 4.78 is 0. The van der Waals surface area contributed by atoms with Crippen molar-refractivity contribution in [1.29, 1.82) is 5.26 Å². The molecule has 2 aliphatic rings.